The number of hydrogen-bond donors (Lipinski definition) is 1. The molecule has 1 aliphatic carbocycles. The van der Waals surface area contributed by atoms with Crippen LogP contribution in [0.15, 0.2) is 64.9 Å². The van der Waals surface area contributed by atoms with Crippen molar-refractivity contribution in [3.05, 3.63) is 60.4 Å². The smallest absolute Gasteiger partial charge is 0.234 e. The Morgan fingerprint density at radius 1 is 1.13 bits per heavy atom. The van der Waals surface area contributed by atoms with E-state index in [-0.39, 0.29) is 11.7 Å². The second-order valence-corrected chi connectivity index (χ2v) is 9.61. The molecule has 4 rings (SSSR count). The van der Waals surface area contributed by atoms with Gasteiger partial charge in [0.2, 0.25) is 5.91 Å². The molecule has 1 N–H and O–H groups in total. The molecule has 1 aromatic heterocycles. The third-order valence-electron chi connectivity index (χ3n) is 5.24. The Hall–Kier alpha value is -2.25. The van der Waals surface area contributed by atoms with Crippen LogP contribution in [0.5, 0.6) is 0 Å². The van der Waals surface area contributed by atoms with Crippen molar-refractivity contribution >= 4 is 35.1 Å². The van der Waals surface area contributed by atoms with Gasteiger partial charge in [0.1, 0.15) is 6.33 Å². The van der Waals surface area contributed by atoms with Crippen LogP contribution in [0.4, 0.5) is 5.69 Å². The van der Waals surface area contributed by atoms with E-state index in [1.54, 1.807) is 6.33 Å². The number of aromatic nitrogens is 3. The maximum Gasteiger partial charge on any atom is 0.234 e. The Labute approximate surface area is 186 Å². The maximum absolute atomic E-state index is 12.7. The van der Waals surface area contributed by atoms with Gasteiger partial charge in [0.25, 0.3) is 0 Å². The monoisotopic (exact) mass is 438 g/mol. The largest absolute Gasteiger partial charge is 0.324 e. The van der Waals surface area contributed by atoms with Gasteiger partial charge in [-0.3, -0.25) is 9.36 Å². The Morgan fingerprint density at radius 2 is 1.90 bits per heavy atom. The number of nitrogens with one attached hydrogen (secondary N) is 1. The summed E-state index contributed by atoms with van der Waals surface area (Å²) in [4.78, 5) is 13.8. The summed E-state index contributed by atoms with van der Waals surface area (Å²) in [5.41, 5.74) is 3.19. The highest BCUT2D eigenvalue weighted by Crippen LogP contribution is 2.38. The van der Waals surface area contributed by atoms with Crippen LogP contribution in [-0.4, -0.2) is 31.7 Å². The fourth-order valence-corrected chi connectivity index (χ4v) is 5.76. The van der Waals surface area contributed by atoms with Gasteiger partial charge in [-0.2, -0.15) is 0 Å². The Balaban J connectivity index is 1.40. The lowest BCUT2D eigenvalue weighted by molar-refractivity contribution is -0.113. The molecule has 0 radical (unpaired) electrons. The van der Waals surface area contributed by atoms with Gasteiger partial charge in [-0.05, 0) is 43.0 Å². The highest BCUT2D eigenvalue weighted by molar-refractivity contribution is 8.00. The first-order chi connectivity index (χ1) is 14.7. The number of anilines is 1. The summed E-state index contributed by atoms with van der Waals surface area (Å²) in [7, 11) is 0. The van der Waals surface area contributed by atoms with Gasteiger partial charge in [-0.25, -0.2) is 0 Å². The van der Waals surface area contributed by atoms with Crippen molar-refractivity contribution in [1.29, 1.82) is 0 Å². The van der Waals surface area contributed by atoms with Gasteiger partial charge in [-0.15, -0.1) is 22.0 Å². The molecular weight excluding hydrogens is 412 g/mol. The van der Waals surface area contributed by atoms with E-state index in [4.69, 9.17) is 0 Å². The molecule has 0 atom stereocenters. The lowest BCUT2D eigenvalue weighted by atomic mass is 10.1. The Kier molecular flexibility index (Phi) is 7.12. The first-order valence-corrected chi connectivity index (χ1v) is 12.3. The van der Waals surface area contributed by atoms with Crippen LogP contribution in [0.2, 0.25) is 0 Å². The molecule has 0 bridgehead atoms. The standard InChI is InChI=1S/C23H26N4OS2/c1-2-17-9-3-7-13-20(17)27-16-24-26-23(27)29-15-22(28)25-19-12-6-8-14-21(19)30-18-10-4-5-11-18/h3,6-9,12-14,16,18H,2,4-5,10-11,15H2,1H3,(H,25,28). The number of carbonyl (C=O) groups excluding carboxylic acids is 1. The minimum atomic E-state index is -0.0298. The van der Waals surface area contributed by atoms with Gasteiger partial charge < -0.3 is 5.32 Å². The fourth-order valence-electron chi connectivity index (χ4n) is 3.71. The van der Waals surface area contributed by atoms with Gasteiger partial charge in [-0.1, -0.05) is 61.9 Å². The Morgan fingerprint density at radius 3 is 2.73 bits per heavy atom. The quantitative estimate of drug-likeness (QED) is 0.464. The normalized spacial score (nSPS) is 14.2. The zero-order chi connectivity index (χ0) is 20.8. The predicted octanol–water partition coefficient (Wildman–Crippen LogP) is 5.60. The number of hydrogen-bond acceptors (Lipinski definition) is 5. The molecule has 1 amide bonds. The summed E-state index contributed by atoms with van der Waals surface area (Å²) in [6, 6.07) is 16.3. The van der Waals surface area contributed by atoms with E-state index in [1.807, 2.05) is 46.7 Å². The highest BCUT2D eigenvalue weighted by Gasteiger charge is 2.18. The summed E-state index contributed by atoms with van der Waals surface area (Å²) in [6.45, 7) is 2.13. The number of thioether (sulfide) groups is 2. The van der Waals surface area contributed by atoms with Crippen LogP contribution in [0, 0.1) is 0 Å². The van der Waals surface area contributed by atoms with E-state index in [9.17, 15) is 4.79 Å². The van der Waals surface area contributed by atoms with Crippen molar-refractivity contribution in [3.63, 3.8) is 0 Å². The molecule has 0 unspecified atom stereocenters. The average Bonchev–Trinajstić information content (AvgIpc) is 3.45. The number of carbonyl (C=O) groups is 1. The van der Waals surface area contributed by atoms with Crippen LogP contribution >= 0.6 is 23.5 Å². The third kappa shape index (κ3) is 5.08. The maximum atomic E-state index is 12.7. The van der Waals surface area contributed by atoms with Gasteiger partial charge in [0, 0.05) is 10.1 Å². The summed E-state index contributed by atoms with van der Waals surface area (Å²) in [5, 5.41) is 12.8. The summed E-state index contributed by atoms with van der Waals surface area (Å²) < 4.78 is 1.96. The van der Waals surface area contributed by atoms with Gasteiger partial charge in [0.05, 0.1) is 17.1 Å². The number of rotatable bonds is 8. The lowest BCUT2D eigenvalue weighted by Gasteiger charge is -2.14. The van der Waals surface area contributed by atoms with Crippen LogP contribution in [0.1, 0.15) is 38.2 Å². The first kappa shape index (κ1) is 21.0. The minimum absolute atomic E-state index is 0.0298. The number of benzene rings is 2. The molecule has 1 heterocycles. The number of amides is 1. The molecule has 3 aromatic rings. The molecule has 0 aliphatic heterocycles. The molecule has 0 spiro atoms. The molecule has 1 fully saturated rings. The van der Waals surface area contributed by atoms with Crippen LogP contribution in [-0.2, 0) is 11.2 Å². The van der Waals surface area contributed by atoms with E-state index in [1.165, 1.54) is 43.0 Å². The summed E-state index contributed by atoms with van der Waals surface area (Å²) >= 11 is 3.30. The minimum Gasteiger partial charge on any atom is -0.324 e. The molecule has 156 valence electrons. The summed E-state index contributed by atoms with van der Waals surface area (Å²) in [6.07, 6.45) is 7.78. The van der Waals surface area contributed by atoms with Crippen LogP contribution < -0.4 is 5.32 Å². The zero-order valence-corrected chi connectivity index (χ0v) is 18.7. The second kappa shape index (κ2) is 10.2. The molecule has 5 nitrogen and oxygen atoms in total. The van der Waals surface area contributed by atoms with Crippen molar-refractivity contribution in [3.8, 4) is 5.69 Å². The van der Waals surface area contributed by atoms with Crippen LogP contribution in [0.25, 0.3) is 5.69 Å². The highest BCUT2D eigenvalue weighted by atomic mass is 32.2. The Bertz CT molecular complexity index is 998. The second-order valence-electron chi connectivity index (χ2n) is 7.32. The van der Waals surface area contributed by atoms with Crippen molar-refractivity contribution < 1.29 is 4.79 Å². The van der Waals surface area contributed by atoms with Crippen molar-refractivity contribution in [2.24, 2.45) is 0 Å². The molecule has 7 heteroatoms. The number of nitrogens with zero attached hydrogens (tertiary/aromatic N) is 3. The molecule has 2 aromatic carbocycles. The molecule has 30 heavy (non-hydrogen) atoms. The van der Waals surface area contributed by atoms with E-state index in [0.29, 0.717) is 5.25 Å². The molecule has 1 saturated carbocycles. The summed E-state index contributed by atoms with van der Waals surface area (Å²) in [5.74, 6) is 0.257. The lowest BCUT2D eigenvalue weighted by Crippen LogP contribution is -2.15. The first-order valence-electron chi connectivity index (χ1n) is 10.4. The third-order valence-corrected chi connectivity index (χ3v) is 7.60. The van der Waals surface area contributed by atoms with Crippen LogP contribution in [0.3, 0.4) is 0 Å². The van der Waals surface area contributed by atoms with Crippen molar-refractivity contribution in [1.82, 2.24) is 14.8 Å². The van der Waals surface area contributed by atoms with E-state index < -0.39 is 0 Å². The predicted molar refractivity (Wildman–Crippen MR) is 125 cm³/mol. The van der Waals surface area contributed by atoms with Crippen molar-refractivity contribution in [2.75, 3.05) is 11.1 Å². The number of para-hydroxylation sites is 2. The SMILES string of the molecule is CCc1ccccc1-n1cnnc1SCC(=O)Nc1ccccc1SC1CCCC1. The van der Waals surface area contributed by atoms with E-state index >= 15 is 0 Å². The van der Waals surface area contributed by atoms with Gasteiger partial charge in [0.15, 0.2) is 5.16 Å². The zero-order valence-electron chi connectivity index (χ0n) is 17.1. The van der Waals surface area contributed by atoms with E-state index in [2.05, 4.69) is 40.6 Å². The van der Waals surface area contributed by atoms with E-state index in [0.717, 1.165) is 27.8 Å². The average molecular weight is 439 g/mol. The molecular formula is C23H26N4OS2. The van der Waals surface area contributed by atoms with Crippen molar-refractivity contribution in [2.45, 2.75) is 54.3 Å². The molecule has 0 saturated heterocycles. The fraction of sp³-hybridized carbons (Fsp3) is 0.348. The van der Waals surface area contributed by atoms with Gasteiger partial charge >= 0.3 is 0 Å². The molecule has 1 aliphatic rings. The topological polar surface area (TPSA) is 59.8 Å². The number of aryl methyl sites for hydroxylation is 1.